The normalized spacial score (nSPS) is 16.8. The third-order valence-electron chi connectivity index (χ3n) is 4.14. The predicted molar refractivity (Wildman–Crippen MR) is 81.7 cm³/mol. The van der Waals surface area contributed by atoms with Crippen LogP contribution in [0.1, 0.15) is 49.4 Å². The van der Waals surface area contributed by atoms with Crippen LogP contribution in [-0.2, 0) is 10.0 Å². The lowest BCUT2D eigenvalue weighted by Gasteiger charge is -2.17. The van der Waals surface area contributed by atoms with E-state index in [0.717, 1.165) is 18.7 Å². The molecule has 118 valence electrons. The molecule has 3 rings (SSSR count). The maximum absolute atomic E-state index is 11.4. The van der Waals surface area contributed by atoms with Crippen LogP contribution in [0.25, 0.3) is 11.5 Å². The number of sulfonamides is 1. The third kappa shape index (κ3) is 3.05. The minimum absolute atomic E-state index is 0.114. The van der Waals surface area contributed by atoms with E-state index >= 15 is 0 Å². The Bertz CT molecular complexity index is 777. The SMILES string of the molecule is Cc1cc(-c2nc(C3CCCCC3)no2)ccc1S(N)(=O)=O. The number of aryl methyl sites for hydroxylation is 1. The lowest BCUT2D eigenvalue weighted by atomic mass is 9.89. The fourth-order valence-electron chi connectivity index (χ4n) is 2.98. The monoisotopic (exact) mass is 321 g/mol. The van der Waals surface area contributed by atoms with Gasteiger partial charge in [0.1, 0.15) is 0 Å². The molecule has 0 amide bonds. The molecule has 1 fully saturated rings. The largest absolute Gasteiger partial charge is 0.334 e. The van der Waals surface area contributed by atoms with E-state index in [0.29, 0.717) is 22.9 Å². The molecule has 1 aromatic heterocycles. The molecular formula is C15H19N3O3S. The first-order valence-electron chi connectivity index (χ1n) is 7.42. The Morgan fingerprint density at radius 3 is 2.59 bits per heavy atom. The Balaban J connectivity index is 1.89. The van der Waals surface area contributed by atoms with E-state index < -0.39 is 10.0 Å². The van der Waals surface area contributed by atoms with Crippen LogP contribution in [0.4, 0.5) is 0 Å². The van der Waals surface area contributed by atoms with Crippen LogP contribution in [0.3, 0.4) is 0 Å². The molecule has 1 saturated carbocycles. The summed E-state index contributed by atoms with van der Waals surface area (Å²) in [7, 11) is -3.71. The quantitative estimate of drug-likeness (QED) is 0.937. The molecule has 2 N–H and O–H groups in total. The fraction of sp³-hybridized carbons (Fsp3) is 0.467. The number of primary sulfonamides is 1. The van der Waals surface area contributed by atoms with Crippen LogP contribution in [-0.4, -0.2) is 18.6 Å². The number of aromatic nitrogens is 2. The molecule has 1 heterocycles. The van der Waals surface area contributed by atoms with Crippen molar-refractivity contribution in [1.29, 1.82) is 0 Å². The molecule has 0 saturated heterocycles. The summed E-state index contributed by atoms with van der Waals surface area (Å²) < 4.78 is 28.2. The van der Waals surface area contributed by atoms with Gasteiger partial charge in [-0.3, -0.25) is 0 Å². The summed E-state index contributed by atoms with van der Waals surface area (Å²) in [5.74, 6) is 1.54. The first kappa shape index (κ1) is 15.2. The van der Waals surface area contributed by atoms with Crippen molar-refractivity contribution < 1.29 is 12.9 Å². The van der Waals surface area contributed by atoms with E-state index in [2.05, 4.69) is 10.1 Å². The second kappa shape index (κ2) is 5.81. The summed E-state index contributed by atoms with van der Waals surface area (Å²) in [6, 6.07) is 4.83. The molecule has 2 aromatic rings. The van der Waals surface area contributed by atoms with Gasteiger partial charge in [-0.05, 0) is 43.5 Å². The molecule has 0 radical (unpaired) electrons. The maximum atomic E-state index is 11.4. The van der Waals surface area contributed by atoms with Crippen molar-refractivity contribution in [1.82, 2.24) is 10.1 Å². The molecule has 0 spiro atoms. The summed E-state index contributed by atoms with van der Waals surface area (Å²) >= 11 is 0. The van der Waals surface area contributed by atoms with Crippen molar-refractivity contribution in [3.8, 4) is 11.5 Å². The van der Waals surface area contributed by atoms with Crippen molar-refractivity contribution in [3.63, 3.8) is 0 Å². The van der Waals surface area contributed by atoms with Crippen molar-refractivity contribution in [2.45, 2.75) is 49.8 Å². The van der Waals surface area contributed by atoms with Crippen LogP contribution in [0.15, 0.2) is 27.6 Å². The van der Waals surface area contributed by atoms with Crippen LogP contribution < -0.4 is 5.14 Å². The van der Waals surface area contributed by atoms with Crippen molar-refractivity contribution >= 4 is 10.0 Å². The molecule has 1 aliphatic rings. The number of nitrogens with zero attached hydrogens (tertiary/aromatic N) is 2. The van der Waals surface area contributed by atoms with Crippen LogP contribution in [0.2, 0.25) is 0 Å². The molecule has 0 atom stereocenters. The number of nitrogens with two attached hydrogens (primary N) is 1. The zero-order chi connectivity index (χ0) is 15.7. The highest BCUT2D eigenvalue weighted by Crippen LogP contribution is 2.32. The standard InChI is InChI=1S/C15H19N3O3S/c1-10-9-12(7-8-13(10)22(16,19)20)15-17-14(18-21-15)11-5-3-2-4-6-11/h7-9,11H,2-6H2,1H3,(H2,16,19,20). The first-order valence-corrected chi connectivity index (χ1v) is 8.97. The Morgan fingerprint density at radius 2 is 1.95 bits per heavy atom. The molecule has 1 aliphatic carbocycles. The zero-order valence-corrected chi connectivity index (χ0v) is 13.3. The lowest BCUT2D eigenvalue weighted by Crippen LogP contribution is -2.13. The Hall–Kier alpha value is -1.73. The molecule has 0 unspecified atom stereocenters. The fourth-order valence-corrected chi connectivity index (χ4v) is 3.75. The van der Waals surface area contributed by atoms with Crippen molar-refractivity contribution in [2.75, 3.05) is 0 Å². The Kier molecular flexibility index (Phi) is 4.01. The summed E-state index contributed by atoms with van der Waals surface area (Å²) in [4.78, 5) is 4.59. The zero-order valence-electron chi connectivity index (χ0n) is 12.4. The van der Waals surface area contributed by atoms with Crippen LogP contribution in [0, 0.1) is 6.92 Å². The van der Waals surface area contributed by atoms with Gasteiger partial charge >= 0.3 is 0 Å². The topological polar surface area (TPSA) is 99.1 Å². The number of hydrogen-bond donors (Lipinski definition) is 1. The third-order valence-corrected chi connectivity index (χ3v) is 5.21. The van der Waals surface area contributed by atoms with Crippen LogP contribution >= 0.6 is 0 Å². The van der Waals surface area contributed by atoms with Gasteiger partial charge in [-0.15, -0.1) is 0 Å². The summed E-state index contributed by atoms with van der Waals surface area (Å²) in [5, 5.41) is 9.26. The van der Waals surface area contributed by atoms with Gasteiger partial charge in [0.05, 0.1) is 4.90 Å². The number of hydrogen-bond acceptors (Lipinski definition) is 5. The van der Waals surface area contributed by atoms with Gasteiger partial charge in [0, 0.05) is 11.5 Å². The molecule has 0 bridgehead atoms. The molecular weight excluding hydrogens is 302 g/mol. The highest BCUT2D eigenvalue weighted by Gasteiger charge is 2.22. The molecule has 7 heteroatoms. The van der Waals surface area contributed by atoms with E-state index in [1.165, 1.54) is 25.3 Å². The van der Waals surface area contributed by atoms with Gasteiger partial charge in [0.15, 0.2) is 5.82 Å². The second-order valence-corrected chi connectivity index (χ2v) is 7.35. The van der Waals surface area contributed by atoms with Gasteiger partial charge in [-0.25, -0.2) is 13.6 Å². The van der Waals surface area contributed by atoms with E-state index in [1.54, 1.807) is 19.1 Å². The van der Waals surface area contributed by atoms with Gasteiger partial charge in [-0.2, -0.15) is 4.98 Å². The van der Waals surface area contributed by atoms with Crippen LogP contribution in [0.5, 0.6) is 0 Å². The van der Waals surface area contributed by atoms with Gasteiger partial charge < -0.3 is 4.52 Å². The van der Waals surface area contributed by atoms with E-state index in [4.69, 9.17) is 9.66 Å². The minimum atomic E-state index is -3.71. The highest BCUT2D eigenvalue weighted by molar-refractivity contribution is 7.89. The van der Waals surface area contributed by atoms with E-state index in [9.17, 15) is 8.42 Å². The van der Waals surface area contributed by atoms with Gasteiger partial charge in [-0.1, -0.05) is 24.4 Å². The smallest absolute Gasteiger partial charge is 0.257 e. The Morgan fingerprint density at radius 1 is 1.23 bits per heavy atom. The van der Waals surface area contributed by atoms with Crippen molar-refractivity contribution in [3.05, 3.63) is 29.6 Å². The predicted octanol–water partition coefficient (Wildman–Crippen LogP) is 2.74. The highest BCUT2D eigenvalue weighted by atomic mass is 32.2. The minimum Gasteiger partial charge on any atom is -0.334 e. The summed E-state index contributed by atoms with van der Waals surface area (Å²) in [5.41, 5.74) is 1.27. The number of benzene rings is 1. The summed E-state index contributed by atoms with van der Waals surface area (Å²) in [6.07, 6.45) is 5.88. The average molecular weight is 321 g/mol. The van der Waals surface area contributed by atoms with E-state index in [1.807, 2.05) is 0 Å². The molecule has 0 aliphatic heterocycles. The lowest BCUT2D eigenvalue weighted by molar-refractivity contribution is 0.385. The van der Waals surface area contributed by atoms with Gasteiger partial charge in [0.2, 0.25) is 10.0 Å². The Labute approximate surface area is 129 Å². The second-order valence-electron chi connectivity index (χ2n) is 5.82. The number of rotatable bonds is 3. The van der Waals surface area contributed by atoms with Crippen molar-refractivity contribution in [2.24, 2.45) is 5.14 Å². The first-order chi connectivity index (χ1) is 10.4. The molecule has 6 nitrogen and oxygen atoms in total. The van der Waals surface area contributed by atoms with Gasteiger partial charge in [0.25, 0.3) is 5.89 Å². The maximum Gasteiger partial charge on any atom is 0.257 e. The average Bonchev–Trinajstić information content (AvgIpc) is 2.96. The van der Waals surface area contributed by atoms with E-state index in [-0.39, 0.29) is 4.90 Å². The molecule has 1 aromatic carbocycles. The molecule has 22 heavy (non-hydrogen) atoms. The summed E-state index contributed by atoms with van der Waals surface area (Å²) in [6.45, 7) is 1.70.